The first-order valence-corrected chi connectivity index (χ1v) is 8.35. The molecular formula is C17H27N3O2. The van der Waals surface area contributed by atoms with E-state index in [4.69, 9.17) is 9.47 Å². The van der Waals surface area contributed by atoms with Crippen LogP contribution in [-0.4, -0.2) is 67.8 Å². The topological polar surface area (TPSA) is 37.8 Å². The molecule has 3 heterocycles. The summed E-state index contributed by atoms with van der Waals surface area (Å²) in [6.45, 7) is 8.60. The fourth-order valence-corrected chi connectivity index (χ4v) is 3.48. The first kappa shape index (κ1) is 15.7. The van der Waals surface area contributed by atoms with E-state index < -0.39 is 0 Å². The highest BCUT2D eigenvalue weighted by molar-refractivity contribution is 5.17. The van der Waals surface area contributed by atoms with Crippen molar-refractivity contribution in [2.45, 2.75) is 19.4 Å². The number of methoxy groups -OCH3 is 1. The Morgan fingerprint density at radius 1 is 1.23 bits per heavy atom. The lowest BCUT2D eigenvalue weighted by Crippen LogP contribution is -2.44. The number of nitrogens with zero attached hydrogens (tertiary/aromatic N) is 3. The smallest absolute Gasteiger partial charge is 0.212 e. The van der Waals surface area contributed by atoms with Gasteiger partial charge in [0.25, 0.3) is 0 Å². The van der Waals surface area contributed by atoms with Crippen molar-refractivity contribution in [1.29, 1.82) is 0 Å². The van der Waals surface area contributed by atoms with Gasteiger partial charge in [-0.15, -0.1) is 0 Å². The van der Waals surface area contributed by atoms with Crippen LogP contribution in [0.1, 0.15) is 18.4 Å². The summed E-state index contributed by atoms with van der Waals surface area (Å²) in [5.74, 6) is 1.48. The number of hydrogen-bond acceptors (Lipinski definition) is 5. The maximum atomic E-state index is 5.44. The molecule has 0 amide bonds. The highest BCUT2D eigenvalue weighted by Gasteiger charge is 2.23. The summed E-state index contributed by atoms with van der Waals surface area (Å²) in [6, 6.07) is 4.07. The molecule has 0 N–H and O–H groups in total. The molecule has 2 fully saturated rings. The van der Waals surface area contributed by atoms with E-state index in [9.17, 15) is 0 Å². The van der Waals surface area contributed by atoms with Crippen molar-refractivity contribution in [2.75, 3.05) is 53.0 Å². The van der Waals surface area contributed by atoms with Crippen molar-refractivity contribution in [3.05, 3.63) is 23.9 Å². The zero-order chi connectivity index (χ0) is 15.2. The van der Waals surface area contributed by atoms with Gasteiger partial charge in [0.05, 0.1) is 20.3 Å². The van der Waals surface area contributed by atoms with E-state index in [1.165, 1.54) is 38.0 Å². The third-order valence-electron chi connectivity index (χ3n) is 4.64. The van der Waals surface area contributed by atoms with Crippen LogP contribution in [-0.2, 0) is 11.3 Å². The third-order valence-corrected chi connectivity index (χ3v) is 4.64. The summed E-state index contributed by atoms with van der Waals surface area (Å²) in [5.41, 5.74) is 1.27. The van der Waals surface area contributed by atoms with Crippen LogP contribution in [0.5, 0.6) is 5.88 Å². The summed E-state index contributed by atoms with van der Waals surface area (Å²) in [7, 11) is 1.66. The summed E-state index contributed by atoms with van der Waals surface area (Å²) < 4.78 is 10.6. The van der Waals surface area contributed by atoms with Crippen LogP contribution in [0.4, 0.5) is 0 Å². The van der Waals surface area contributed by atoms with Gasteiger partial charge in [0.15, 0.2) is 0 Å². The summed E-state index contributed by atoms with van der Waals surface area (Å²) in [6.07, 6.45) is 4.59. The van der Waals surface area contributed by atoms with E-state index in [0.717, 1.165) is 38.8 Å². The normalized spacial score (nSPS) is 24.3. The van der Waals surface area contributed by atoms with Crippen LogP contribution in [0.25, 0.3) is 0 Å². The molecule has 5 heteroatoms. The van der Waals surface area contributed by atoms with Crippen molar-refractivity contribution in [1.82, 2.24) is 14.8 Å². The lowest BCUT2D eigenvalue weighted by atomic mass is 9.97. The molecule has 2 aliphatic heterocycles. The molecule has 0 aliphatic carbocycles. The van der Waals surface area contributed by atoms with Crippen molar-refractivity contribution in [3.63, 3.8) is 0 Å². The molecule has 122 valence electrons. The molecular weight excluding hydrogens is 278 g/mol. The quantitative estimate of drug-likeness (QED) is 0.827. The molecule has 2 saturated heterocycles. The van der Waals surface area contributed by atoms with E-state index in [1.807, 2.05) is 12.3 Å². The Bertz CT molecular complexity index is 446. The number of pyridine rings is 1. The van der Waals surface area contributed by atoms with Crippen molar-refractivity contribution in [3.8, 4) is 5.88 Å². The highest BCUT2D eigenvalue weighted by Crippen LogP contribution is 2.20. The fraction of sp³-hybridized carbons (Fsp3) is 0.706. The summed E-state index contributed by atoms with van der Waals surface area (Å²) >= 11 is 0. The number of aromatic nitrogens is 1. The maximum absolute atomic E-state index is 5.44. The second kappa shape index (κ2) is 7.90. The Balaban J connectivity index is 1.49. The molecule has 2 aliphatic rings. The number of morpholine rings is 1. The number of hydrogen-bond donors (Lipinski definition) is 0. The molecule has 0 radical (unpaired) electrons. The molecule has 0 bridgehead atoms. The van der Waals surface area contributed by atoms with E-state index in [-0.39, 0.29) is 0 Å². The van der Waals surface area contributed by atoms with Crippen LogP contribution in [0, 0.1) is 5.92 Å². The second-order valence-corrected chi connectivity index (χ2v) is 6.37. The van der Waals surface area contributed by atoms with Gasteiger partial charge >= 0.3 is 0 Å². The van der Waals surface area contributed by atoms with Crippen LogP contribution in [0.15, 0.2) is 18.3 Å². The molecule has 0 aromatic carbocycles. The Morgan fingerprint density at radius 3 is 2.82 bits per heavy atom. The maximum Gasteiger partial charge on any atom is 0.212 e. The molecule has 5 nitrogen and oxygen atoms in total. The Hall–Kier alpha value is -1.17. The Morgan fingerprint density at radius 2 is 2.09 bits per heavy atom. The predicted molar refractivity (Wildman–Crippen MR) is 86.0 cm³/mol. The van der Waals surface area contributed by atoms with Crippen molar-refractivity contribution < 1.29 is 9.47 Å². The molecule has 22 heavy (non-hydrogen) atoms. The lowest BCUT2D eigenvalue weighted by molar-refractivity contribution is 0.0224. The lowest BCUT2D eigenvalue weighted by Gasteiger charge is -2.36. The van der Waals surface area contributed by atoms with Crippen molar-refractivity contribution >= 4 is 0 Å². The highest BCUT2D eigenvalue weighted by atomic mass is 16.5. The van der Waals surface area contributed by atoms with Crippen LogP contribution < -0.4 is 4.74 Å². The van der Waals surface area contributed by atoms with Gasteiger partial charge in [-0.05, 0) is 30.9 Å². The third kappa shape index (κ3) is 4.41. The SMILES string of the molecule is COc1ccc(CN2CCC[C@@H](CN3CCOCC3)C2)cn1. The summed E-state index contributed by atoms with van der Waals surface area (Å²) in [4.78, 5) is 9.43. The zero-order valence-corrected chi connectivity index (χ0v) is 13.5. The van der Waals surface area contributed by atoms with Crippen LogP contribution in [0.3, 0.4) is 0 Å². The van der Waals surface area contributed by atoms with E-state index in [1.54, 1.807) is 7.11 Å². The molecule has 3 rings (SSSR count). The Kier molecular flexibility index (Phi) is 5.64. The molecule has 0 saturated carbocycles. The van der Waals surface area contributed by atoms with Gasteiger partial charge in [0.1, 0.15) is 0 Å². The van der Waals surface area contributed by atoms with E-state index in [0.29, 0.717) is 5.88 Å². The molecule has 1 atom stereocenters. The van der Waals surface area contributed by atoms with Gasteiger partial charge < -0.3 is 9.47 Å². The minimum atomic E-state index is 0.688. The number of ether oxygens (including phenoxy) is 2. The zero-order valence-electron chi connectivity index (χ0n) is 13.5. The predicted octanol–water partition coefficient (Wildman–Crippen LogP) is 1.63. The monoisotopic (exact) mass is 305 g/mol. The van der Waals surface area contributed by atoms with Gasteiger partial charge in [-0.1, -0.05) is 6.07 Å². The van der Waals surface area contributed by atoms with Gasteiger partial charge in [-0.3, -0.25) is 9.80 Å². The first-order chi connectivity index (χ1) is 10.8. The number of piperidine rings is 1. The van der Waals surface area contributed by atoms with Gasteiger partial charge in [-0.25, -0.2) is 4.98 Å². The van der Waals surface area contributed by atoms with Crippen LogP contribution in [0.2, 0.25) is 0 Å². The number of likely N-dealkylation sites (tertiary alicyclic amines) is 1. The number of rotatable bonds is 5. The summed E-state index contributed by atoms with van der Waals surface area (Å²) in [5, 5.41) is 0. The van der Waals surface area contributed by atoms with E-state index >= 15 is 0 Å². The molecule has 0 unspecified atom stereocenters. The minimum Gasteiger partial charge on any atom is -0.481 e. The van der Waals surface area contributed by atoms with E-state index in [2.05, 4.69) is 20.9 Å². The molecule has 1 aromatic heterocycles. The minimum absolute atomic E-state index is 0.688. The van der Waals surface area contributed by atoms with Gasteiger partial charge in [0, 0.05) is 45.0 Å². The second-order valence-electron chi connectivity index (χ2n) is 6.37. The van der Waals surface area contributed by atoms with Crippen LogP contribution >= 0.6 is 0 Å². The largest absolute Gasteiger partial charge is 0.481 e. The standard InChI is InChI=1S/C17H27N3O2/c1-21-17-5-4-15(11-18-17)12-20-6-2-3-16(14-20)13-19-7-9-22-10-8-19/h4-5,11,16H,2-3,6-10,12-14H2,1H3/t16-/m0/s1. The molecule has 1 aromatic rings. The van der Waals surface area contributed by atoms with Gasteiger partial charge in [-0.2, -0.15) is 0 Å². The average Bonchev–Trinajstić information content (AvgIpc) is 2.57. The Labute approximate surface area is 133 Å². The first-order valence-electron chi connectivity index (χ1n) is 8.35. The average molecular weight is 305 g/mol. The fourth-order valence-electron chi connectivity index (χ4n) is 3.48. The van der Waals surface area contributed by atoms with Gasteiger partial charge in [0.2, 0.25) is 5.88 Å². The molecule has 0 spiro atoms. The van der Waals surface area contributed by atoms with Crippen molar-refractivity contribution in [2.24, 2.45) is 5.92 Å².